The van der Waals surface area contributed by atoms with Crippen molar-refractivity contribution in [2.24, 2.45) is 0 Å². The van der Waals surface area contributed by atoms with E-state index in [-0.39, 0.29) is 17.8 Å². The Morgan fingerprint density at radius 1 is 1.19 bits per heavy atom. The third kappa shape index (κ3) is 4.83. The molecule has 1 aromatic carbocycles. The lowest BCUT2D eigenvalue weighted by atomic mass is 10.2. The zero-order chi connectivity index (χ0) is 20.0. The number of aliphatic hydroxyl groups is 1. The number of rotatable bonds is 8. The first-order valence-corrected chi connectivity index (χ1v) is 8.13. The second-order valence-corrected chi connectivity index (χ2v) is 5.81. The largest absolute Gasteiger partial charge is 0.497 e. The summed E-state index contributed by atoms with van der Waals surface area (Å²) in [4.78, 5) is 24.9. The summed E-state index contributed by atoms with van der Waals surface area (Å²) in [7, 11) is 5.62. The average molecular weight is 377 g/mol. The van der Waals surface area contributed by atoms with E-state index >= 15 is 0 Å². The molecule has 0 saturated carbocycles. The number of hydrogen-bond donors (Lipinski definition) is 1. The molecule has 0 aliphatic rings. The summed E-state index contributed by atoms with van der Waals surface area (Å²) in [6.07, 6.45) is 0.0684. The molecule has 0 radical (unpaired) electrons. The summed E-state index contributed by atoms with van der Waals surface area (Å²) >= 11 is 0. The number of methoxy groups -OCH3 is 3. The van der Waals surface area contributed by atoms with Crippen LogP contribution in [0.15, 0.2) is 30.5 Å². The molecular formula is C18H23N3O6. The molecule has 9 heteroatoms. The molecule has 0 amide bonds. The van der Waals surface area contributed by atoms with Crippen LogP contribution in [0, 0.1) is 0 Å². The van der Waals surface area contributed by atoms with E-state index in [4.69, 9.17) is 9.47 Å². The fourth-order valence-electron chi connectivity index (χ4n) is 2.53. The van der Waals surface area contributed by atoms with Crippen molar-refractivity contribution in [3.63, 3.8) is 0 Å². The highest BCUT2D eigenvalue weighted by molar-refractivity contribution is 5.90. The highest BCUT2D eigenvalue weighted by Crippen LogP contribution is 2.23. The predicted molar refractivity (Wildman–Crippen MR) is 95.3 cm³/mol. The third-order valence-corrected chi connectivity index (χ3v) is 4.05. The molecule has 0 saturated heterocycles. The lowest BCUT2D eigenvalue weighted by molar-refractivity contribution is -0.144. The van der Waals surface area contributed by atoms with Crippen molar-refractivity contribution in [3.8, 4) is 5.75 Å². The molecule has 1 aromatic heterocycles. The Morgan fingerprint density at radius 3 is 2.41 bits per heavy atom. The summed E-state index contributed by atoms with van der Waals surface area (Å²) < 4.78 is 16.0. The summed E-state index contributed by atoms with van der Waals surface area (Å²) in [6, 6.07) is 7.32. The minimum Gasteiger partial charge on any atom is -0.497 e. The number of aromatic nitrogens is 2. The second-order valence-electron chi connectivity index (χ2n) is 5.81. The van der Waals surface area contributed by atoms with E-state index in [9.17, 15) is 14.7 Å². The van der Waals surface area contributed by atoms with E-state index in [0.717, 1.165) is 5.56 Å². The van der Waals surface area contributed by atoms with Gasteiger partial charge in [0, 0.05) is 0 Å². The van der Waals surface area contributed by atoms with Gasteiger partial charge in [0.1, 0.15) is 11.3 Å². The fraction of sp³-hybridized carbons (Fsp3) is 0.389. The van der Waals surface area contributed by atoms with Gasteiger partial charge in [0.2, 0.25) is 0 Å². The van der Waals surface area contributed by atoms with E-state index in [2.05, 4.69) is 9.84 Å². The Kier molecular flexibility index (Phi) is 6.91. The molecule has 0 aliphatic heterocycles. The average Bonchev–Trinajstić information content (AvgIpc) is 3.10. The number of ether oxygens (including phenoxy) is 3. The normalized spacial score (nSPS) is 11.9. The van der Waals surface area contributed by atoms with Crippen LogP contribution in [-0.4, -0.2) is 66.6 Å². The Morgan fingerprint density at radius 2 is 1.85 bits per heavy atom. The van der Waals surface area contributed by atoms with E-state index in [1.807, 2.05) is 12.1 Å². The molecule has 1 unspecified atom stereocenters. The van der Waals surface area contributed by atoms with Crippen molar-refractivity contribution < 1.29 is 28.9 Å². The first-order valence-electron chi connectivity index (χ1n) is 8.13. The van der Waals surface area contributed by atoms with Crippen LogP contribution in [0.3, 0.4) is 0 Å². The van der Waals surface area contributed by atoms with Crippen molar-refractivity contribution in [1.29, 1.82) is 0 Å². The molecule has 27 heavy (non-hydrogen) atoms. The van der Waals surface area contributed by atoms with E-state index in [1.165, 1.54) is 37.0 Å². The van der Waals surface area contributed by atoms with Crippen LogP contribution < -0.4 is 4.74 Å². The topological polar surface area (TPSA) is 103 Å². The molecule has 0 bridgehead atoms. The van der Waals surface area contributed by atoms with Crippen molar-refractivity contribution in [2.45, 2.75) is 12.8 Å². The number of likely N-dealkylation sites (N-methyl/N-ethyl adjacent to an activating group) is 1. The van der Waals surface area contributed by atoms with Gasteiger partial charge in [-0.2, -0.15) is 5.10 Å². The second kappa shape index (κ2) is 9.15. The minimum atomic E-state index is -1.26. The zero-order valence-corrected chi connectivity index (χ0v) is 15.7. The van der Waals surface area contributed by atoms with E-state index < -0.39 is 18.2 Å². The van der Waals surface area contributed by atoms with Crippen LogP contribution in [0.1, 0.15) is 27.8 Å². The highest BCUT2D eigenvalue weighted by Gasteiger charge is 2.28. The summed E-state index contributed by atoms with van der Waals surface area (Å²) in [5.41, 5.74) is 1.23. The standard InChI is InChI=1S/C18H23N3O6/c1-20(11-15(22)26-3)17(23)16-14(18(24)27-4)9-19-21(16)10-12-5-7-13(25-2)8-6-12/h5-9,17,23H,10-11H2,1-4H3. The molecule has 2 aromatic rings. The summed E-state index contributed by atoms with van der Waals surface area (Å²) in [5.74, 6) is -0.429. The monoisotopic (exact) mass is 377 g/mol. The quantitative estimate of drug-likeness (QED) is 0.533. The number of aliphatic hydroxyl groups excluding tert-OH is 1. The number of esters is 2. The lowest BCUT2D eigenvalue weighted by Crippen LogP contribution is -2.33. The van der Waals surface area contributed by atoms with Crippen molar-refractivity contribution in [2.75, 3.05) is 34.9 Å². The van der Waals surface area contributed by atoms with Crippen LogP contribution >= 0.6 is 0 Å². The Balaban J connectivity index is 2.35. The van der Waals surface area contributed by atoms with Crippen LogP contribution in [0.4, 0.5) is 0 Å². The van der Waals surface area contributed by atoms with Gasteiger partial charge in [0.05, 0.1) is 46.3 Å². The molecular weight excluding hydrogens is 354 g/mol. The number of hydrogen-bond acceptors (Lipinski definition) is 8. The molecule has 1 atom stereocenters. The zero-order valence-electron chi connectivity index (χ0n) is 15.7. The van der Waals surface area contributed by atoms with Crippen LogP contribution in [0.25, 0.3) is 0 Å². The van der Waals surface area contributed by atoms with Gasteiger partial charge < -0.3 is 19.3 Å². The predicted octanol–water partition coefficient (Wildman–Crippen LogP) is 0.822. The Hall–Kier alpha value is -2.91. The Bertz CT molecular complexity index is 787. The number of carbonyl (C=O) groups excluding carboxylic acids is 2. The lowest BCUT2D eigenvalue weighted by Gasteiger charge is -2.24. The molecule has 0 spiro atoms. The molecule has 1 heterocycles. The molecule has 146 valence electrons. The molecule has 9 nitrogen and oxygen atoms in total. The van der Waals surface area contributed by atoms with Gasteiger partial charge in [-0.25, -0.2) is 4.79 Å². The van der Waals surface area contributed by atoms with Gasteiger partial charge in [-0.15, -0.1) is 0 Å². The van der Waals surface area contributed by atoms with Crippen LogP contribution in [-0.2, 0) is 20.8 Å². The summed E-state index contributed by atoms with van der Waals surface area (Å²) in [5, 5.41) is 14.9. The van der Waals surface area contributed by atoms with Crippen LogP contribution in [0.5, 0.6) is 5.75 Å². The molecule has 0 fully saturated rings. The molecule has 0 aliphatic carbocycles. The summed E-state index contributed by atoms with van der Waals surface area (Å²) in [6.45, 7) is 0.144. The maximum absolute atomic E-state index is 12.1. The molecule has 2 rings (SSSR count). The van der Waals surface area contributed by atoms with Gasteiger partial charge in [-0.05, 0) is 24.7 Å². The van der Waals surface area contributed by atoms with Crippen molar-refractivity contribution in [3.05, 3.63) is 47.3 Å². The highest BCUT2D eigenvalue weighted by atomic mass is 16.5. The number of benzene rings is 1. The maximum Gasteiger partial charge on any atom is 0.341 e. The first-order chi connectivity index (χ1) is 12.9. The fourth-order valence-corrected chi connectivity index (χ4v) is 2.53. The van der Waals surface area contributed by atoms with Crippen LogP contribution in [0.2, 0.25) is 0 Å². The van der Waals surface area contributed by atoms with E-state index in [0.29, 0.717) is 12.3 Å². The number of carbonyl (C=O) groups is 2. The Labute approximate surface area is 157 Å². The van der Waals surface area contributed by atoms with Gasteiger partial charge in [-0.1, -0.05) is 12.1 Å². The van der Waals surface area contributed by atoms with Gasteiger partial charge >= 0.3 is 11.9 Å². The van der Waals surface area contributed by atoms with Crippen molar-refractivity contribution >= 4 is 11.9 Å². The smallest absolute Gasteiger partial charge is 0.341 e. The van der Waals surface area contributed by atoms with Gasteiger partial charge in [-0.3, -0.25) is 14.4 Å². The van der Waals surface area contributed by atoms with E-state index in [1.54, 1.807) is 19.2 Å². The molecule has 1 N–H and O–H groups in total. The first kappa shape index (κ1) is 20.4. The SMILES string of the molecule is COC(=O)CN(C)C(O)c1c(C(=O)OC)cnn1Cc1ccc(OC)cc1. The maximum atomic E-state index is 12.1. The third-order valence-electron chi connectivity index (χ3n) is 4.05. The van der Waals surface area contributed by atoms with Crippen molar-refractivity contribution in [1.82, 2.24) is 14.7 Å². The van der Waals surface area contributed by atoms with Gasteiger partial charge in [0.25, 0.3) is 0 Å². The number of nitrogens with zero attached hydrogens (tertiary/aromatic N) is 3. The minimum absolute atomic E-state index is 0.121. The van der Waals surface area contributed by atoms with Gasteiger partial charge in [0.15, 0.2) is 6.23 Å².